The Labute approximate surface area is 214 Å². The van der Waals surface area contributed by atoms with Gasteiger partial charge >= 0.3 is 26.2 Å². The third-order valence-electron chi connectivity index (χ3n) is 4.64. The maximum absolute atomic E-state index is 6.60. The molecule has 0 aromatic heterocycles. The zero-order valence-corrected chi connectivity index (χ0v) is 24.2. The Morgan fingerprint density at radius 3 is 2.20 bits per heavy atom. The van der Waals surface area contributed by atoms with Crippen LogP contribution >= 0.6 is 0 Å². The Morgan fingerprint density at radius 2 is 1.67 bits per heavy atom. The van der Waals surface area contributed by atoms with Crippen molar-refractivity contribution < 1.29 is 55.4 Å². The van der Waals surface area contributed by atoms with E-state index < -0.39 is 8.32 Å². The first-order valence-electron chi connectivity index (χ1n) is 9.87. The second-order valence-corrected chi connectivity index (χ2v) is 13.9. The normalized spacial score (nSPS) is 12.8. The molecule has 0 bridgehead atoms. The number of fused-ring (bicyclic) bond motifs is 2. The van der Waals surface area contributed by atoms with Crippen molar-refractivity contribution in [3.8, 4) is 5.75 Å². The van der Waals surface area contributed by atoms with Crippen LogP contribution in [0, 0.1) is 10.4 Å². The molecule has 0 saturated heterocycles. The van der Waals surface area contributed by atoms with Crippen molar-refractivity contribution in [3.05, 3.63) is 56.8 Å². The van der Waals surface area contributed by atoms with E-state index in [0.29, 0.717) is 0 Å². The van der Waals surface area contributed by atoms with Crippen molar-refractivity contribution in [1.29, 1.82) is 0 Å². The van der Waals surface area contributed by atoms with Gasteiger partial charge in [0.15, 0.2) is 0 Å². The van der Waals surface area contributed by atoms with Gasteiger partial charge in [-0.25, -0.2) is 0 Å². The second-order valence-electron chi connectivity index (χ2n) is 9.44. The fourth-order valence-electron chi connectivity index (χ4n) is 3.47. The predicted octanol–water partition coefficient (Wildman–Crippen LogP) is -0.997. The Kier molecular flexibility index (Phi) is 10.7. The summed E-state index contributed by atoms with van der Waals surface area (Å²) in [4.78, 5) is 0. The number of rotatable bonds is 4. The number of nitrogens with one attached hydrogen (secondary N) is 1. The molecule has 161 valence electrons. The molecule has 30 heavy (non-hydrogen) atoms. The number of benzene rings is 2. The van der Waals surface area contributed by atoms with Crippen LogP contribution in [-0.2, 0) is 26.2 Å². The van der Waals surface area contributed by atoms with Crippen molar-refractivity contribution in [1.82, 2.24) is 0 Å². The molecular formula is C24H32Cl2NOSiZr. The molecule has 1 aliphatic rings. The monoisotopic (exact) mass is 538 g/mol. The summed E-state index contributed by atoms with van der Waals surface area (Å²) in [5, 5.41) is 8.62. The summed E-state index contributed by atoms with van der Waals surface area (Å²) in [5.41, 5.74) is 3.61. The van der Waals surface area contributed by atoms with Gasteiger partial charge in [-0.1, -0.05) is 42.3 Å². The van der Waals surface area contributed by atoms with E-state index in [-0.39, 0.29) is 56.6 Å². The molecule has 0 amide bonds. The van der Waals surface area contributed by atoms with Gasteiger partial charge in [-0.05, 0) is 59.4 Å². The van der Waals surface area contributed by atoms with Gasteiger partial charge in [0.05, 0.1) is 5.75 Å². The van der Waals surface area contributed by atoms with Gasteiger partial charge in [0.1, 0.15) is 0 Å². The van der Waals surface area contributed by atoms with Crippen LogP contribution in [0.15, 0.2) is 30.3 Å². The molecule has 2 aromatic rings. The molecule has 0 atom stereocenters. The van der Waals surface area contributed by atoms with Crippen molar-refractivity contribution >= 4 is 25.7 Å². The second kappa shape index (κ2) is 10.9. The Morgan fingerprint density at radius 1 is 1.07 bits per heavy atom. The van der Waals surface area contributed by atoms with Gasteiger partial charge in [-0.3, -0.25) is 0 Å². The predicted molar refractivity (Wildman–Crippen MR) is 119 cm³/mol. The number of anilines is 1. The maximum atomic E-state index is 6.60. The SMILES string of the molecule is CCC(C)=c1c(O[Si](C)(C)C)cc2c(c1NC(C)(C)C)[C-]=c1ccccc1=2.[Cl-].[Cl-].[Zr+3]. The van der Waals surface area contributed by atoms with Gasteiger partial charge in [0.2, 0.25) is 8.32 Å². The summed E-state index contributed by atoms with van der Waals surface area (Å²) in [6.07, 6.45) is 4.65. The van der Waals surface area contributed by atoms with Crippen LogP contribution in [0.2, 0.25) is 19.6 Å². The van der Waals surface area contributed by atoms with E-state index in [1.807, 2.05) is 0 Å². The van der Waals surface area contributed by atoms with E-state index in [0.717, 1.165) is 28.6 Å². The van der Waals surface area contributed by atoms with E-state index in [9.17, 15) is 0 Å². The summed E-state index contributed by atoms with van der Waals surface area (Å²) in [7, 11) is -1.76. The van der Waals surface area contributed by atoms with Crippen LogP contribution in [0.25, 0.3) is 11.6 Å². The van der Waals surface area contributed by atoms with Gasteiger partial charge in [0.25, 0.3) is 0 Å². The van der Waals surface area contributed by atoms with Crippen LogP contribution in [0.3, 0.4) is 0 Å². The van der Waals surface area contributed by atoms with Gasteiger partial charge < -0.3 is 34.6 Å². The van der Waals surface area contributed by atoms with E-state index in [1.54, 1.807) is 0 Å². The van der Waals surface area contributed by atoms with E-state index in [2.05, 4.69) is 96.0 Å². The first-order chi connectivity index (χ1) is 12.5. The molecule has 0 aliphatic heterocycles. The maximum Gasteiger partial charge on any atom is 3.00 e. The zero-order chi connectivity index (χ0) is 20.0. The Balaban J connectivity index is 0.00000280. The van der Waals surface area contributed by atoms with Crippen molar-refractivity contribution in [2.75, 3.05) is 5.32 Å². The first kappa shape index (κ1) is 29.5. The van der Waals surface area contributed by atoms with Crippen molar-refractivity contribution in [3.63, 3.8) is 0 Å². The number of hydrogen-bond acceptors (Lipinski definition) is 2. The van der Waals surface area contributed by atoms with Gasteiger partial charge in [0, 0.05) is 10.8 Å². The fourth-order valence-corrected chi connectivity index (χ4v) is 4.29. The number of halogens is 2. The van der Waals surface area contributed by atoms with Crippen LogP contribution in [-0.4, -0.2) is 13.9 Å². The molecule has 0 unspecified atom stereocenters. The summed E-state index contributed by atoms with van der Waals surface area (Å²) in [6, 6.07) is 10.8. The molecule has 3 rings (SSSR count). The molecule has 2 nitrogen and oxygen atoms in total. The fraction of sp³-hybridized carbons (Fsp3) is 0.417. The van der Waals surface area contributed by atoms with Gasteiger partial charge in [-0.15, -0.1) is 27.8 Å². The Hall–Kier alpha value is -0.540. The van der Waals surface area contributed by atoms with E-state index >= 15 is 0 Å². The largest absolute Gasteiger partial charge is 3.00 e. The van der Waals surface area contributed by atoms with E-state index in [1.165, 1.54) is 21.2 Å². The van der Waals surface area contributed by atoms with Crippen LogP contribution in [0.1, 0.15) is 46.6 Å². The van der Waals surface area contributed by atoms with Crippen LogP contribution in [0.5, 0.6) is 5.75 Å². The van der Waals surface area contributed by atoms with Crippen molar-refractivity contribution in [2.24, 2.45) is 0 Å². The summed E-state index contributed by atoms with van der Waals surface area (Å²) >= 11 is 0. The third-order valence-corrected chi connectivity index (χ3v) is 5.47. The minimum Gasteiger partial charge on any atom is -1.00 e. The minimum absolute atomic E-state index is 0. The topological polar surface area (TPSA) is 21.3 Å². The Bertz CT molecular complexity index is 1100. The smallest absolute Gasteiger partial charge is 1.00 e. The molecule has 0 saturated carbocycles. The molecule has 0 heterocycles. The molecule has 1 N–H and O–H groups in total. The molecule has 0 spiro atoms. The first-order valence-corrected chi connectivity index (χ1v) is 13.3. The molecule has 0 fully saturated rings. The molecule has 1 radical (unpaired) electrons. The molecular weight excluding hydrogens is 508 g/mol. The molecule has 2 aromatic carbocycles. The third kappa shape index (κ3) is 6.48. The average Bonchev–Trinajstić information content (AvgIpc) is 2.90. The quantitative estimate of drug-likeness (QED) is 0.339. The summed E-state index contributed by atoms with van der Waals surface area (Å²) < 4.78 is 6.60. The standard InChI is InChI=1S/C24H32NOSi.2ClH.Zr/c1-9-16(2)22-21(26-27(6,7)8)15-19-18-13-11-10-12-17(18)14-20(19)23(22)25-24(3,4)5;;;/h10-13,15,25H,9H2,1-8H3;2*1H;/q-1;;;+3/p-2. The van der Waals surface area contributed by atoms with Gasteiger partial charge in [-0.2, -0.15) is 0 Å². The average molecular weight is 541 g/mol. The van der Waals surface area contributed by atoms with Crippen molar-refractivity contribution in [2.45, 2.75) is 66.2 Å². The molecule has 1 aliphatic carbocycles. The summed E-state index contributed by atoms with van der Waals surface area (Å²) in [6.45, 7) is 17.8. The summed E-state index contributed by atoms with van der Waals surface area (Å²) in [5.74, 6) is 1.01. The van der Waals surface area contributed by atoms with Crippen LogP contribution < -0.4 is 45.0 Å². The van der Waals surface area contributed by atoms with E-state index in [4.69, 9.17) is 4.43 Å². The zero-order valence-electron chi connectivity index (χ0n) is 19.3. The van der Waals surface area contributed by atoms with Crippen LogP contribution in [0.4, 0.5) is 5.69 Å². The minimum atomic E-state index is -1.76. The number of hydrogen-bond donors (Lipinski definition) is 1. The molecule has 6 heteroatoms.